The van der Waals surface area contributed by atoms with Crippen LogP contribution in [0.4, 0.5) is 0 Å². The fraction of sp³-hybridized carbons (Fsp3) is 0.500. The number of hydrogen-bond donors (Lipinski definition) is 0. The minimum absolute atomic E-state index is 0.471. The monoisotopic (exact) mass is 381 g/mol. The highest BCUT2D eigenvalue weighted by atomic mass is 16.5. The first kappa shape index (κ1) is 19.1. The summed E-state index contributed by atoms with van der Waals surface area (Å²) in [6.07, 6.45) is 5.20. The molecule has 0 spiro atoms. The molecule has 2 aliphatic rings. The van der Waals surface area contributed by atoms with E-state index in [2.05, 4.69) is 41.3 Å². The summed E-state index contributed by atoms with van der Waals surface area (Å²) in [6, 6.07) is 15.8. The van der Waals surface area contributed by atoms with Crippen molar-refractivity contribution in [1.82, 2.24) is 4.90 Å². The summed E-state index contributed by atoms with van der Waals surface area (Å²) in [5.74, 6) is 3.48. The molecule has 0 aliphatic carbocycles. The minimum atomic E-state index is 0.471. The number of piperidine rings is 2. The van der Waals surface area contributed by atoms with Crippen LogP contribution in [0.3, 0.4) is 0 Å². The molecule has 4 heteroatoms. The van der Waals surface area contributed by atoms with Gasteiger partial charge >= 0.3 is 0 Å². The first-order chi connectivity index (χ1) is 13.7. The van der Waals surface area contributed by atoms with Crippen LogP contribution in [0.15, 0.2) is 42.5 Å². The van der Waals surface area contributed by atoms with Crippen molar-refractivity contribution in [2.45, 2.75) is 43.6 Å². The van der Waals surface area contributed by atoms with Crippen LogP contribution in [-0.2, 0) is 0 Å². The lowest BCUT2D eigenvalue weighted by atomic mass is 9.72. The summed E-state index contributed by atoms with van der Waals surface area (Å²) in [5.41, 5.74) is 2.74. The van der Waals surface area contributed by atoms with Crippen molar-refractivity contribution in [1.29, 1.82) is 0 Å². The molecule has 150 valence electrons. The third kappa shape index (κ3) is 3.70. The largest absolute Gasteiger partial charge is 0.497 e. The van der Waals surface area contributed by atoms with E-state index < -0.39 is 0 Å². The van der Waals surface area contributed by atoms with Gasteiger partial charge in [0.2, 0.25) is 0 Å². The van der Waals surface area contributed by atoms with Gasteiger partial charge in [0.25, 0.3) is 0 Å². The summed E-state index contributed by atoms with van der Waals surface area (Å²) in [5, 5.41) is 0. The lowest BCUT2D eigenvalue weighted by molar-refractivity contribution is 0.0832. The smallest absolute Gasteiger partial charge is 0.160 e. The van der Waals surface area contributed by atoms with Crippen molar-refractivity contribution in [2.75, 3.05) is 34.4 Å². The Kier molecular flexibility index (Phi) is 5.77. The number of rotatable bonds is 5. The lowest BCUT2D eigenvalue weighted by Crippen LogP contribution is -2.48. The van der Waals surface area contributed by atoms with Crippen LogP contribution in [0.5, 0.6) is 17.2 Å². The first-order valence-corrected chi connectivity index (χ1v) is 10.3. The summed E-state index contributed by atoms with van der Waals surface area (Å²) >= 11 is 0. The Bertz CT molecular complexity index is 789. The quantitative estimate of drug-likeness (QED) is 0.742. The van der Waals surface area contributed by atoms with Crippen molar-refractivity contribution >= 4 is 0 Å². The van der Waals surface area contributed by atoms with Gasteiger partial charge in [0, 0.05) is 18.5 Å². The number of hydrogen-bond acceptors (Lipinski definition) is 4. The fourth-order valence-electron chi connectivity index (χ4n) is 5.05. The third-order valence-electron chi connectivity index (χ3n) is 6.57. The summed E-state index contributed by atoms with van der Waals surface area (Å²) < 4.78 is 16.4. The molecule has 2 fully saturated rings. The van der Waals surface area contributed by atoms with Crippen molar-refractivity contribution in [3.05, 3.63) is 53.6 Å². The highest BCUT2D eigenvalue weighted by Gasteiger charge is 2.38. The average Bonchev–Trinajstić information content (AvgIpc) is 2.77. The number of fused-ring (bicyclic) bond motifs is 1. The molecule has 3 atom stereocenters. The normalized spacial score (nSPS) is 25.0. The molecule has 2 heterocycles. The molecular weight excluding hydrogens is 350 g/mol. The van der Waals surface area contributed by atoms with Gasteiger partial charge < -0.3 is 14.2 Å². The van der Waals surface area contributed by atoms with Crippen LogP contribution in [0.25, 0.3) is 0 Å². The van der Waals surface area contributed by atoms with Gasteiger partial charge in [-0.3, -0.25) is 4.90 Å². The number of ether oxygens (including phenoxy) is 3. The highest BCUT2D eigenvalue weighted by molar-refractivity contribution is 5.45. The second-order valence-corrected chi connectivity index (χ2v) is 7.98. The molecular formula is C24H31NO3. The van der Waals surface area contributed by atoms with Gasteiger partial charge in [0.05, 0.1) is 21.3 Å². The van der Waals surface area contributed by atoms with Crippen LogP contribution < -0.4 is 14.2 Å². The van der Waals surface area contributed by atoms with Crippen LogP contribution in [0.1, 0.15) is 48.6 Å². The predicted molar refractivity (Wildman–Crippen MR) is 112 cm³/mol. The standard InChI is InChI=1S/C24H31NO3/c1-26-20-10-7-17(8-11-20)22-16-25-13-5-4-6-19(25)15-21(22)18-9-12-23(27-2)24(14-18)28-3/h7-12,14,19,21-22H,4-6,13,15-16H2,1-3H3. The summed E-state index contributed by atoms with van der Waals surface area (Å²) in [6.45, 7) is 2.35. The van der Waals surface area contributed by atoms with Crippen molar-refractivity contribution in [3.8, 4) is 17.2 Å². The van der Waals surface area contributed by atoms with E-state index in [1.807, 2.05) is 6.07 Å². The SMILES string of the molecule is COc1ccc(C2CN3CCCCC3CC2c2ccc(OC)c(OC)c2)cc1. The second kappa shape index (κ2) is 8.44. The summed E-state index contributed by atoms with van der Waals surface area (Å²) in [4.78, 5) is 2.72. The second-order valence-electron chi connectivity index (χ2n) is 7.98. The molecule has 0 N–H and O–H groups in total. The maximum absolute atomic E-state index is 5.59. The molecule has 2 aromatic rings. The molecule has 0 bridgehead atoms. The molecule has 2 aliphatic heterocycles. The fourth-order valence-corrected chi connectivity index (χ4v) is 5.05. The highest BCUT2D eigenvalue weighted by Crippen LogP contribution is 2.45. The number of nitrogens with zero attached hydrogens (tertiary/aromatic N) is 1. The van der Waals surface area contributed by atoms with Crippen molar-refractivity contribution in [2.24, 2.45) is 0 Å². The zero-order valence-electron chi connectivity index (χ0n) is 17.2. The first-order valence-electron chi connectivity index (χ1n) is 10.3. The Morgan fingerprint density at radius 1 is 0.786 bits per heavy atom. The van der Waals surface area contributed by atoms with Gasteiger partial charge in [-0.15, -0.1) is 0 Å². The maximum atomic E-state index is 5.59. The summed E-state index contributed by atoms with van der Waals surface area (Å²) in [7, 11) is 5.13. The third-order valence-corrected chi connectivity index (χ3v) is 6.57. The van der Waals surface area contributed by atoms with Crippen LogP contribution >= 0.6 is 0 Å². The topological polar surface area (TPSA) is 30.9 Å². The van der Waals surface area contributed by atoms with Gasteiger partial charge in [-0.2, -0.15) is 0 Å². The average molecular weight is 382 g/mol. The molecule has 28 heavy (non-hydrogen) atoms. The Morgan fingerprint density at radius 3 is 2.25 bits per heavy atom. The van der Waals surface area contributed by atoms with Gasteiger partial charge in [0.1, 0.15) is 5.75 Å². The van der Waals surface area contributed by atoms with Gasteiger partial charge in [-0.1, -0.05) is 24.6 Å². The zero-order chi connectivity index (χ0) is 19.5. The maximum Gasteiger partial charge on any atom is 0.160 e. The van der Waals surface area contributed by atoms with E-state index in [4.69, 9.17) is 14.2 Å². The van der Waals surface area contributed by atoms with Crippen molar-refractivity contribution < 1.29 is 14.2 Å². The van der Waals surface area contributed by atoms with E-state index in [0.29, 0.717) is 17.9 Å². The van der Waals surface area contributed by atoms with Gasteiger partial charge in [-0.05, 0) is 67.1 Å². The Hall–Kier alpha value is -2.20. The molecule has 0 radical (unpaired) electrons. The van der Waals surface area contributed by atoms with E-state index in [1.165, 1.54) is 43.4 Å². The minimum Gasteiger partial charge on any atom is -0.497 e. The molecule has 2 saturated heterocycles. The van der Waals surface area contributed by atoms with E-state index in [1.54, 1.807) is 21.3 Å². The molecule has 2 aromatic carbocycles. The number of benzene rings is 2. The van der Waals surface area contributed by atoms with E-state index in [9.17, 15) is 0 Å². The van der Waals surface area contributed by atoms with Crippen LogP contribution in [0.2, 0.25) is 0 Å². The molecule has 3 unspecified atom stereocenters. The van der Waals surface area contributed by atoms with Crippen molar-refractivity contribution in [3.63, 3.8) is 0 Å². The zero-order valence-corrected chi connectivity index (χ0v) is 17.2. The molecule has 0 saturated carbocycles. The molecule has 4 rings (SSSR count). The van der Waals surface area contributed by atoms with E-state index >= 15 is 0 Å². The Morgan fingerprint density at radius 2 is 1.54 bits per heavy atom. The predicted octanol–water partition coefficient (Wildman–Crippen LogP) is 4.84. The van der Waals surface area contributed by atoms with E-state index in [-0.39, 0.29) is 0 Å². The number of methoxy groups -OCH3 is 3. The molecule has 0 amide bonds. The van der Waals surface area contributed by atoms with Crippen LogP contribution in [-0.4, -0.2) is 45.4 Å². The molecule has 0 aromatic heterocycles. The molecule has 4 nitrogen and oxygen atoms in total. The van der Waals surface area contributed by atoms with Gasteiger partial charge in [-0.25, -0.2) is 0 Å². The Balaban J connectivity index is 1.69. The van der Waals surface area contributed by atoms with E-state index in [0.717, 1.165) is 23.8 Å². The van der Waals surface area contributed by atoms with Gasteiger partial charge in [0.15, 0.2) is 11.5 Å². The van der Waals surface area contributed by atoms with Crippen LogP contribution in [0, 0.1) is 0 Å². The lowest BCUT2D eigenvalue weighted by Gasteiger charge is -2.47. The Labute approximate surface area is 168 Å².